The number of hydrogen-bond acceptors (Lipinski definition) is 5. The second-order valence-electron chi connectivity index (χ2n) is 8.12. The summed E-state index contributed by atoms with van der Waals surface area (Å²) >= 11 is 0. The van der Waals surface area contributed by atoms with Gasteiger partial charge in [-0.05, 0) is 47.9 Å². The topological polar surface area (TPSA) is 94.0 Å². The summed E-state index contributed by atoms with van der Waals surface area (Å²) in [4.78, 5) is 29.3. The zero-order valence-electron chi connectivity index (χ0n) is 18.8. The number of rotatable bonds is 5. The quantitative estimate of drug-likeness (QED) is 0.349. The van der Waals surface area contributed by atoms with Gasteiger partial charge in [0.2, 0.25) is 5.89 Å². The normalized spacial score (nSPS) is 11.7. The van der Waals surface area contributed by atoms with Crippen molar-refractivity contribution in [2.24, 2.45) is 0 Å². The van der Waals surface area contributed by atoms with Crippen molar-refractivity contribution < 1.29 is 22.1 Å². The van der Waals surface area contributed by atoms with Gasteiger partial charge in [-0.3, -0.25) is 0 Å². The van der Waals surface area contributed by atoms with Crippen LogP contribution in [0.1, 0.15) is 16.9 Å². The summed E-state index contributed by atoms with van der Waals surface area (Å²) in [5.74, 6) is -0.00700. The van der Waals surface area contributed by atoms with E-state index in [0.717, 1.165) is 39.1 Å². The highest BCUT2D eigenvalue weighted by Crippen LogP contribution is 2.33. The first-order valence-corrected chi connectivity index (χ1v) is 10.8. The average Bonchev–Trinajstić information content (AvgIpc) is 3.40. The number of oxazole rings is 1. The number of aryl methyl sites for hydroxylation is 1. The molecule has 3 aromatic carbocycles. The van der Waals surface area contributed by atoms with Gasteiger partial charge in [0.1, 0.15) is 11.5 Å². The maximum atomic E-state index is 12.8. The number of H-pyrrole nitrogens is 1. The van der Waals surface area contributed by atoms with Crippen LogP contribution in [-0.2, 0) is 12.7 Å². The van der Waals surface area contributed by atoms with Crippen molar-refractivity contribution in [3.05, 3.63) is 111 Å². The van der Waals surface area contributed by atoms with Crippen LogP contribution >= 0.6 is 0 Å². The van der Waals surface area contributed by atoms with Crippen LogP contribution in [0.2, 0.25) is 0 Å². The van der Waals surface area contributed by atoms with Gasteiger partial charge in [0.05, 0.1) is 12.1 Å². The molecule has 5 aromatic rings. The zero-order valence-corrected chi connectivity index (χ0v) is 18.8. The molecule has 0 aliphatic heterocycles. The minimum absolute atomic E-state index is 0.128. The summed E-state index contributed by atoms with van der Waals surface area (Å²) in [5.41, 5.74) is 3.19. The zero-order chi connectivity index (χ0) is 25.4. The number of hydrogen-bond donors (Lipinski definition) is 1. The van der Waals surface area contributed by atoms with Crippen molar-refractivity contribution in [1.82, 2.24) is 14.7 Å². The molecule has 36 heavy (non-hydrogen) atoms. The third kappa shape index (κ3) is 4.65. The number of aromatic amines is 1. The first kappa shape index (κ1) is 23.2. The molecule has 0 aliphatic carbocycles. The van der Waals surface area contributed by atoms with Gasteiger partial charge in [-0.2, -0.15) is 13.2 Å². The average molecular weight is 493 g/mol. The lowest BCUT2D eigenvalue weighted by atomic mass is 10.0. The first-order chi connectivity index (χ1) is 17.2. The Morgan fingerprint density at radius 1 is 0.833 bits per heavy atom. The summed E-state index contributed by atoms with van der Waals surface area (Å²) in [6.07, 6.45) is -4.41. The standard InChI is InChI=1S/C26H18F3N3O4/c1-15-22(30-23(35-15)20-10-12-21(13-11-20)26(27,28)29)19-8-6-18(7-9-19)17-4-2-16(3-5-17)14-32-24(33)31-25(34)36-32/h2-13H,14H2,1H3,(H,31,33,34). The molecule has 1 N–H and O–H groups in total. The second-order valence-corrected chi connectivity index (χ2v) is 8.12. The van der Waals surface area contributed by atoms with E-state index < -0.39 is 23.2 Å². The maximum Gasteiger partial charge on any atom is 0.440 e. The van der Waals surface area contributed by atoms with Gasteiger partial charge in [-0.1, -0.05) is 48.5 Å². The molecule has 5 rings (SSSR count). The minimum Gasteiger partial charge on any atom is -0.441 e. The van der Waals surface area contributed by atoms with Crippen LogP contribution in [0.15, 0.2) is 91.3 Å². The van der Waals surface area contributed by atoms with E-state index in [2.05, 4.69) is 4.98 Å². The summed E-state index contributed by atoms with van der Waals surface area (Å²) in [6.45, 7) is 1.88. The Hall–Kier alpha value is -4.60. The Morgan fingerprint density at radius 2 is 1.39 bits per heavy atom. The molecule has 7 nitrogen and oxygen atoms in total. The molecule has 182 valence electrons. The van der Waals surface area contributed by atoms with E-state index in [0.29, 0.717) is 17.0 Å². The molecule has 10 heteroatoms. The van der Waals surface area contributed by atoms with Crippen molar-refractivity contribution in [2.75, 3.05) is 0 Å². The molecule has 0 unspecified atom stereocenters. The molecule has 2 aromatic heterocycles. The van der Waals surface area contributed by atoms with Crippen molar-refractivity contribution in [3.8, 4) is 33.8 Å². The van der Waals surface area contributed by atoms with Crippen molar-refractivity contribution >= 4 is 0 Å². The molecule has 0 fully saturated rings. The van der Waals surface area contributed by atoms with E-state index in [1.807, 2.05) is 53.5 Å². The van der Waals surface area contributed by atoms with E-state index in [-0.39, 0.29) is 12.4 Å². The lowest BCUT2D eigenvalue weighted by Gasteiger charge is -2.06. The number of benzene rings is 3. The number of halogens is 3. The summed E-state index contributed by atoms with van der Waals surface area (Å²) < 4.78 is 49.9. The van der Waals surface area contributed by atoms with Crippen LogP contribution in [0.3, 0.4) is 0 Å². The third-order valence-electron chi connectivity index (χ3n) is 5.66. The summed E-state index contributed by atoms with van der Waals surface area (Å²) in [5, 5.41) is 0. The van der Waals surface area contributed by atoms with Crippen LogP contribution in [0.5, 0.6) is 0 Å². The smallest absolute Gasteiger partial charge is 0.440 e. The Morgan fingerprint density at radius 3 is 1.94 bits per heavy atom. The predicted molar refractivity (Wildman–Crippen MR) is 125 cm³/mol. The van der Waals surface area contributed by atoms with E-state index in [1.54, 1.807) is 6.92 Å². The van der Waals surface area contributed by atoms with Gasteiger partial charge in [0.25, 0.3) is 0 Å². The fourth-order valence-corrected chi connectivity index (χ4v) is 3.80. The number of nitrogens with one attached hydrogen (secondary N) is 1. The van der Waals surface area contributed by atoms with Crippen molar-refractivity contribution in [3.63, 3.8) is 0 Å². The molecule has 0 bridgehead atoms. The second kappa shape index (κ2) is 8.88. The van der Waals surface area contributed by atoms with Crippen LogP contribution in [0, 0.1) is 6.92 Å². The first-order valence-electron chi connectivity index (χ1n) is 10.8. The van der Waals surface area contributed by atoms with Gasteiger partial charge in [-0.15, -0.1) is 4.74 Å². The minimum atomic E-state index is -4.41. The molecule has 0 amide bonds. The predicted octanol–water partition coefficient (Wildman–Crippen LogP) is 5.49. The largest absolute Gasteiger partial charge is 0.441 e. The van der Waals surface area contributed by atoms with E-state index in [4.69, 9.17) is 8.94 Å². The molecule has 0 saturated heterocycles. The van der Waals surface area contributed by atoms with Crippen LogP contribution in [-0.4, -0.2) is 14.7 Å². The van der Waals surface area contributed by atoms with E-state index in [1.165, 1.54) is 12.1 Å². The Kier molecular flexibility index (Phi) is 5.71. The molecular formula is C26H18F3N3O4. The Bertz CT molecular complexity index is 1620. The fourth-order valence-electron chi connectivity index (χ4n) is 3.80. The summed E-state index contributed by atoms with van der Waals surface area (Å²) in [6, 6.07) is 19.8. The molecule has 0 radical (unpaired) electrons. The number of alkyl halides is 3. The van der Waals surface area contributed by atoms with Crippen LogP contribution in [0.4, 0.5) is 13.2 Å². The van der Waals surface area contributed by atoms with Gasteiger partial charge in [-0.25, -0.2) is 19.6 Å². The van der Waals surface area contributed by atoms with E-state index in [9.17, 15) is 22.8 Å². The highest BCUT2D eigenvalue weighted by atomic mass is 19.4. The van der Waals surface area contributed by atoms with Gasteiger partial charge < -0.3 is 8.94 Å². The van der Waals surface area contributed by atoms with E-state index >= 15 is 0 Å². The monoisotopic (exact) mass is 493 g/mol. The highest BCUT2D eigenvalue weighted by molar-refractivity contribution is 5.71. The van der Waals surface area contributed by atoms with Crippen LogP contribution < -0.4 is 11.4 Å². The van der Waals surface area contributed by atoms with Gasteiger partial charge in [0.15, 0.2) is 0 Å². The fraction of sp³-hybridized carbons (Fsp3) is 0.115. The lowest BCUT2D eigenvalue weighted by molar-refractivity contribution is -0.137. The number of aromatic nitrogens is 3. The molecule has 2 heterocycles. The highest BCUT2D eigenvalue weighted by Gasteiger charge is 2.30. The molecule has 0 saturated carbocycles. The molecular weight excluding hydrogens is 475 g/mol. The van der Waals surface area contributed by atoms with Crippen LogP contribution in [0.25, 0.3) is 33.8 Å². The lowest BCUT2D eigenvalue weighted by Crippen LogP contribution is -2.17. The number of nitrogens with zero attached hydrogens (tertiary/aromatic N) is 2. The van der Waals surface area contributed by atoms with Gasteiger partial charge >= 0.3 is 17.6 Å². The summed E-state index contributed by atoms with van der Waals surface area (Å²) in [7, 11) is 0. The van der Waals surface area contributed by atoms with Crippen molar-refractivity contribution in [1.29, 1.82) is 0 Å². The van der Waals surface area contributed by atoms with Crippen molar-refractivity contribution in [2.45, 2.75) is 19.6 Å². The van der Waals surface area contributed by atoms with Gasteiger partial charge in [0, 0.05) is 11.1 Å². The third-order valence-corrected chi connectivity index (χ3v) is 5.66. The SMILES string of the molecule is Cc1oc(-c2ccc(C(F)(F)F)cc2)nc1-c1ccc(-c2ccc(Cn3oc(=O)[nH]c3=O)cc2)cc1. The Balaban J connectivity index is 1.34. The molecule has 0 spiro atoms. The molecule has 0 atom stereocenters. The molecule has 0 aliphatic rings. The Labute approximate surface area is 201 Å². The maximum absolute atomic E-state index is 12.8.